The molecule has 0 aromatic rings. The van der Waals surface area contributed by atoms with Crippen LogP contribution >= 0.6 is 0 Å². The first-order valence-corrected chi connectivity index (χ1v) is 6.21. The van der Waals surface area contributed by atoms with E-state index in [1.54, 1.807) is 0 Å². The third kappa shape index (κ3) is 3.19. The monoisotopic (exact) mass is 228 g/mol. The van der Waals surface area contributed by atoms with Crippen molar-refractivity contribution >= 4 is 5.91 Å². The van der Waals surface area contributed by atoms with E-state index in [-0.39, 0.29) is 12.0 Å². The van der Waals surface area contributed by atoms with Crippen LogP contribution in [0.1, 0.15) is 40.0 Å². The number of amides is 1. The molecule has 0 saturated carbocycles. The number of hydrogen-bond acceptors (Lipinski definition) is 3. The Morgan fingerprint density at radius 2 is 2.25 bits per heavy atom. The fourth-order valence-electron chi connectivity index (χ4n) is 2.14. The highest BCUT2D eigenvalue weighted by atomic mass is 16.5. The van der Waals surface area contributed by atoms with Gasteiger partial charge in [0.1, 0.15) is 0 Å². The first-order chi connectivity index (χ1) is 7.51. The summed E-state index contributed by atoms with van der Waals surface area (Å²) in [4.78, 5) is 14.1. The maximum Gasteiger partial charge on any atom is 0.242 e. The highest BCUT2D eigenvalue weighted by Crippen LogP contribution is 2.16. The first-order valence-electron chi connectivity index (χ1n) is 6.21. The minimum absolute atomic E-state index is 0.0658. The van der Waals surface area contributed by atoms with Crippen molar-refractivity contribution in [3.63, 3.8) is 0 Å². The Balaban J connectivity index is 2.59. The average molecular weight is 228 g/mol. The van der Waals surface area contributed by atoms with Crippen molar-refractivity contribution in [1.82, 2.24) is 4.90 Å². The van der Waals surface area contributed by atoms with Gasteiger partial charge in [0.15, 0.2) is 0 Å². The van der Waals surface area contributed by atoms with Gasteiger partial charge in [0, 0.05) is 13.1 Å². The number of nitrogens with zero attached hydrogens (tertiary/aromatic N) is 1. The topological polar surface area (TPSA) is 55.6 Å². The maximum atomic E-state index is 12.2. The van der Waals surface area contributed by atoms with Crippen molar-refractivity contribution in [3.8, 4) is 0 Å². The quantitative estimate of drug-likeness (QED) is 0.785. The minimum atomic E-state index is -0.718. The molecule has 0 bridgehead atoms. The molecule has 4 heteroatoms. The second-order valence-electron chi connectivity index (χ2n) is 4.82. The van der Waals surface area contributed by atoms with E-state index in [1.807, 2.05) is 18.7 Å². The van der Waals surface area contributed by atoms with E-state index in [9.17, 15) is 4.79 Å². The van der Waals surface area contributed by atoms with Crippen LogP contribution in [0.25, 0.3) is 0 Å². The van der Waals surface area contributed by atoms with Crippen LogP contribution in [0.5, 0.6) is 0 Å². The number of morpholine rings is 1. The zero-order valence-corrected chi connectivity index (χ0v) is 10.7. The van der Waals surface area contributed by atoms with Crippen LogP contribution in [-0.4, -0.2) is 42.1 Å². The van der Waals surface area contributed by atoms with Gasteiger partial charge in [0.25, 0.3) is 0 Å². The lowest BCUT2D eigenvalue weighted by Crippen LogP contribution is -2.57. The van der Waals surface area contributed by atoms with E-state index in [1.165, 1.54) is 0 Å². The lowest BCUT2D eigenvalue weighted by Gasteiger charge is -2.37. The molecule has 1 rings (SSSR count). The van der Waals surface area contributed by atoms with Crippen molar-refractivity contribution in [2.45, 2.75) is 51.7 Å². The summed E-state index contributed by atoms with van der Waals surface area (Å²) < 4.78 is 5.55. The van der Waals surface area contributed by atoms with Crippen LogP contribution in [0.2, 0.25) is 0 Å². The van der Waals surface area contributed by atoms with Crippen molar-refractivity contribution in [3.05, 3.63) is 0 Å². The van der Waals surface area contributed by atoms with Crippen molar-refractivity contribution in [1.29, 1.82) is 0 Å². The number of carbonyl (C=O) groups is 1. The van der Waals surface area contributed by atoms with Gasteiger partial charge in [-0.3, -0.25) is 4.79 Å². The summed E-state index contributed by atoms with van der Waals surface area (Å²) in [5.41, 5.74) is 5.34. The molecule has 2 unspecified atom stereocenters. The molecule has 1 heterocycles. The molecule has 0 aliphatic carbocycles. The molecule has 2 atom stereocenters. The van der Waals surface area contributed by atoms with Gasteiger partial charge in [-0.2, -0.15) is 0 Å². The van der Waals surface area contributed by atoms with E-state index >= 15 is 0 Å². The number of ether oxygens (including phenoxy) is 1. The third-order valence-corrected chi connectivity index (χ3v) is 3.14. The Morgan fingerprint density at radius 3 is 2.81 bits per heavy atom. The van der Waals surface area contributed by atoms with Crippen molar-refractivity contribution in [2.24, 2.45) is 5.73 Å². The SMILES string of the molecule is CCCC(C)(N)C(=O)N1CCOC(CC)C1. The van der Waals surface area contributed by atoms with Crippen LogP contribution in [0.15, 0.2) is 0 Å². The summed E-state index contributed by atoms with van der Waals surface area (Å²) in [7, 11) is 0. The van der Waals surface area contributed by atoms with Gasteiger partial charge in [-0.25, -0.2) is 0 Å². The smallest absolute Gasteiger partial charge is 0.242 e. The molecule has 4 nitrogen and oxygen atoms in total. The summed E-state index contributed by atoms with van der Waals surface area (Å²) in [6.07, 6.45) is 2.79. The van der Waals surface area contributed by atoms with Crippen LogP contribution < -0.4 is 5.73 Å². The first kappa shape index (κ1) is 13.5. The third-order valence-electron chi connectivity index (χ3n) is 3.14. The Morgan fingerprint density at radius 1 is 1.56 bits per heavy atom. The number of nitrogens with two attached hydrogens (primary N) is 1. The largest absolute Gasteiger partial charge is 0.375 e. The number of carbonyl (C=O) groups excluding carboxylic acids is 1. The molecular formula is C12H24N2O2. The minimum Gasteiger partial charge on any atom is -0.375 e. The van der Waals surface area contributed by atoms with Crippen LogP contribution in [-0.2, 0) is 9.53 Å². The second-order valence-corrected chi connectivity index (χ2v) is 4.82. The van der Waals surface area contributed by atoms with Gasteiger partial charge in [-0.05, 0) is 19.8 Å². The van der Waals surface area contributed by atoms with E-state index < -0.39 is 5.54 Å². The molecule has 0 radical (unpaired) electrons. The van der Waals surface area contributed by atoms with E-state index in [4.69, 9.17) is 10.5 Å². The molecule has 1 amide bonds. The molecule has 94 valence electrons. The Labute approximate surface area is 98.1 Å². The molecular weight excluding hydrogens is 204 g/mol. The molecule has 0 spiro atoms. The summed E-state index contributed by atoms with van der Waals surface area (Å²) in [6, 6.07) is 0. The van der Waals surface area contributed by atoms with E-state index in [2.05, 4.69) is 6.92 Å². The molecule has 0 aromatic heterocycles. The van der Waals surface area contributed by atoms with Gasteiger partial charge in [-0.15, -0.1) is 0 Å². The van der Waals surface area contributed by atoms with Gasteiger partial charge >= 0.3 is 0 Å². The molecule has 2 N–H and O–H groups in total. The highest BCUT2D eigenvalue weighted by Gasteiger charge is 2.34. The van der Waals surface area contributed by atoms with Crippen LogP contribution in [0, 0.1) is 0 Å². The van der Waals surface area contributed by atoms with Crippen molar-refractivity contribution in [2.75, 3.05) is 19.7 Å². The molecule has 1 aliphatic heterocycles. The second kappa shape index (κ2) is 5.64. The summed E-state index contributed by atoms with van der Waals surface area (Å²) >= 11 is 0. The van der Waals surface area contributed by atoms with E-state index in [0.717, 1.165) is 19.3 Å². The van der Waals surface area contributed by atoms with Gasteiger partial charge < -0.3 is 15.4 Å². The Kier molecular flexibility index (Phi) is 4.74. The molecule has 1 aliphatic rings. The lowest BCUT2D eigenvalue weighted by molar-refractivity contribution is -0.144. The summed E-state index contributed by atoms with van der Waals surface area (Å²) in [5.74, 6) is 0.0658. The summed E-state index contributed by atoms with van der Waals surface area (Å²) in [6.45, 7) is 7.94. The standard InChI is InChI=1S/C12H24N2O2/c1-4-6-12(3,13)11(15)14-7-8-16-10(5-2)9-14/h10H,4-9,13H2,1-3H3. The summed E-state index contributed by atoms with van der Waals surface area (Å²) in [5, 5.41) is 0. The van der Waals surface area contributed by atoms with Crippen LogP contribution in [0.3, 0.4) is 0 Å². The van der Waals surface area contributed by atoms with Crippen LogP contribution in [0.4, 0.5) is 0 Å². The fourth-order valence-corrected chi connectivity index (χ4v) is 2.14. The normalized spacial score (nSPS) is 25.2. The number of hydrogen-bond donors (Lipinski definition) is 1. The molecule has 1 saturated heterocycles. The van der Waals surface area contributed by atoms with Gasteiger partial charge in [0.05, 0.1) is 18.2 Å². The van der Waals surface area contributed by atoms with Gasteiger partial charge in [-0.1, -0.05) is 20.3 Å². The molecule has 0 aromatic carbocycles. The van der Waals surface area contributed by atoms with Gasteiger partial charge in [0.2, 0.25) is 5.91 Å². The Bertz CT molecular complexity index is 241. The predicted molar refractivity (Wildman–Crippen MR) is 64.1 cm³/mol. The fraction of sp³-hybridized carbons (Fsp3) is 0.917. The Hall–Kier alpha value is -0.610. The van der Waals surface area contributed by atoms with Crippen molar-refractivity contribution < 1.29 is 9.53 Å². The highest BCUT2D eigenvalue weighted by molar-refractivity contribution is 5.85. The van der Waals surface area contributed by atoms with E-state index in [0.29, 0.717) is 19.7 Å². The maximum absolute atomic E-state index is 12.2. The lowest BCUT2D eigenvalue weighted by atomic mass is 9.95. The molecule has 16 heavy (non-hydrogen) atoms. The zero-order valence-electron chi connectivity index (χ0n) is 10.7. The number of rotatable bonds is 4. The predicted octanol–water partition coefficient (Wildman–Crippen LogP) is 1.14. The average Bonchev–Trinajstić information content (AvgIpc) is 2.28. The zero-order chi connectivity index (χ0) is 12.2. The molecule has 1 fully saturated rings.